The summed E-state index contributed by atoms with van der Waals surface area (Å²) in [6.45, 7) is -0.0999. The number of nitrogens with one attached hydrogen (secondary N) is 1. The van der Waals surface area contributed by atoms with Gasteiger partial charge in [-0.1, -0.05) is 29.8 Å². The van der Waals surface area contributed by atoms with Crippen LogP contribution in [0.3, 0.4) is 0 Å². The molecular formula is C16H15ClFNO4S. The lowest BCUT2D eigenvalue weighted by Crippen LogP contribution is -2.26. The van der Waals surface area contributed by atoms with Crippen molar-refractivity contribution in [2.45, 2.75) is 17.9 Å². The largest absolute Gasteiger partial charge is 0.461 e. The monoisotopic (exact) mass is 371 g/mol. The predicted octanol–water partition coefficient (Wildman–Crippen LogP) is 2.89. The van der Waals surface area contributed by atoms with E-state index in [2.05, 4.69) is 4.72 Å². The fourth-order valence-corrected chi connectivity index (χ4v) is 3.15. The van der Waals surface area contributed by atoms with Crippen LogP contribution in [-0.4, -0.2) is 20.9 Å². The first-order valence-corrected chi connectivity index (χ1v) is 8.88. The Kier molecular flexibility index (Phi) is 6.30. The molecule has 0 aliphatic carbocycles. The number of benzene rings is 2. The van der Waals surface area contributed by atoms with Crippen LogP contribution in [0.1, 0.15) is 12.0 Å². The second-order valence-corrected chi connectivity index (χ2v) is 7.10. The second kappa shape index (κ2) is 8.23. The SMILES string of the molecule is O=C(CCNS(=O)(=O)c1cccc(Cl)c1)OCc1ccc(F)cc1. The van der Waals surface area contributed by atoms with Gasteiger partial charge in [0, 0.05) is 11.6 Å². The normalized spacial score (nSPS) is 11.2. The Morgan fingerprint density at radius 2 is 1.88 bits per heavy atom. The molecule has 0 saturated carbocycles. The number of hydrogen-bond acceptors (Lipinski definition) is 4. The van der Waals surface area contributed by atoms with Crippen molar-refractivity contribution in [3.8, 4) is 0 Å². The number of carbonyl (C=O) groups is 1. The van der Waals surface area contributed by atoms with E-state index in [1.165, 1.54) is 42.5 Å². The highest BCUT2D eigenvalue weighted by molar-refractivity contribution is 7.89. The van der Waals surface area contributed by atoms with Gasteiger partial charge < -0.3 is 4.74 Å². The minimum Gasteiger partial charge on any atom is -0.461 e. The van der Waals surface area contributed by atoms with Crippen molar-refractivity contribution in [2.75, 3.05) is 6.54 Å². The molecule has 5 nitrogen and oxygen atoms in total. The van der Waals surface area contributed by atoms with Gasteiger partial charge in [0.2, 0.25) is 10.0 Å². The Labute approximate surface area is 144 Å². The molecule has 0 spiro atoms. The zero-order valence-corrected chi connectivity index (χ0v) is 14.1. The molecule has 0 heterocycles. The summed E-state index contributed by atoms with van der Waals surface area (Å²) in [5.74, 6) is -0.936. The van der Waals surface area contributed by atoms with E-state index in [-0.39, 0.29) is 30.3 Å². The van der Waals surface area contributed by atoms with E-state index >= 15 is 0 Å². The molecule has 8 heteroatoms. The minimum absolute atomic E-state index is 0.000155. The van der Waals surface area contributed by atoms with Gasteiger partial charge in [-0.3, -0.25) is 4.79 Å². The van der Waals surface area contributed by atoms with Crippen molar-refractivity contribution < 1.29 is 22.3 Å². The third-order valence-electron chi connectivity index (χ3n) is 3.04. The molecular weight excluding hydrogens is 357 g/mol. The van der Waals surface area contributed by atoms with E-state index in [1.54, 1.807) is 6.07 Å². The fraction of sp³-hybridized carbons (Fsp3) is 0.188. The van der Waals surface area contributed by atoms with Crippen molar-refractivity contribution in [3.05, 3.63) is 64.9 Å². The van der Waals surface area contributed by atoms with Gasteiger partial charge in [-0.2, -0.15) is 0 Å². The Morgan fingerprint density at radius 3 is 2.54 bits per heavy atom. The van der Waals surface area contributed by atoms with E-state index in [9.17, 15) is 17.6 Å². The molecule has 0 fully saturated rings. The summed E-state index contributed by atoms with van der Waals surface area (Å²) >= 11 is 5.75. The van der Waals surface area contributed by atoms with Crippen molar-refractivity contribution in [2.24, 2.45) is 0 Å². The highest BCUT2D eigenvalue weighted by atomic mass is 35.5. The van der Waals surface area contributed by atoms with E-state index in [0.717, 1.165) is 0 Å². The number of carbonyl (C=O) groups excluding carboxylic acids is 1. The first-order valence-electron chi connectivity index (χ1n) is 7.02. The second-order valence-electron chi connectivity index (χ2n) is 4.89. The predicted molar refractivity (Wildman–Crippen MR) is 87.5 cm³/mol. The van der Waals surface area contributed by atoms with Gasteiger partial charge >= 0.3 is 5.97 Å². The van der Waals surface area contributed by atoms with E-state index < -0.39 is 16.0 Å². The molecule has 2 rings (SSSR count). The van der Waals surface area contributed by atoms with Crippen molar-refractivity contribution in [1.82, 2.24) is 4.72 Å². The first kappa shape index (κ1) is 18.4. The van der Waals surface area contributed by atoms with Crippen LogP contribution in [0.15, 0.2) is 53.4 Å². The first-order chi connectivity index (χ1) is 11.4. The number of hydrogen-bond donors (Lipinski definition) is 1. The molecule has 0 aliphatic rings. The van der Waals surface area contributed by atoms with Crippen molar-refractivity contribution in [1.29, 1.82) is 0 Å². The standard InChI is InChI=1S/C16H15ClFNO4S/c17-13-2-1-3-15(10-13)24(21,22)19-9-8-16(20)23-11-12-4-6-14(18)7-5-12/h1-7,10,19H,8-9,11H2. The zero-order chi connectivity index (χ0) is 17.6. The Hall–Kier alpha value is -1.96. The maximum absolute atomic E-state index is 12.7. The van der Waals surface area contributed by atoms with E-state index in [4.69, 9.17) is 16.3 Å². The summed E-state index contributed by atoms with van der Waals surface area (Å²) in [5.41, 5.74) is 0.643. The van der Waals surface area contributed by atoms with Gasteiger partial charge in [-0.25, -0.2) is 17.5 Å². The topological polar surface area (TPSA) is 72.5 Å². The molecule has 2 aromatic carbocycles. The van der Waals surface area contributed by atoms with Crippen LogP contribution in [-0.2, 0) is 26.2 Å². The smallest absolute Gasteiger partial charge is 0.307 e. The lowest BCUT2D eigenvalue weighted by molar-refractivity contribution is -0.144. The van der Waals surface area contributed by atoms with Crippen LogP contribution in [0.5, 0.6) is 0 Å². The number of rotatable bonds is 7. The molecule has 0 amide bonds. The molecule has 24 heavy (non-hydrogen) atoms. The molecule has 0 saturated heterocycles. The maximum Gasteiger partial charge on any atom is 0.307 e. The Morgan fingerprint density at radius 1 is 1.17 bits per heavy atom. The van der Waals surface area contributed by atoms with Crippen LogP contribution >= 0.6 is 11.6 Å². The van der Waals surface area contributed by atoms with Crippen LogP contribution < -0.4 is 4.72 Å². The quantitative estimate of drug-likeness (QED) is 0.759. The molecule has 2 aromatic rings. The Balaban J connectivity index is 1.78. The van der Waals surface area contributed by atoms with Gasteiger partial charge in [0.25, 0.3) is 0 Å². The maximum atomic E-state index is 12.7. The molecule has 0 bridgehead atoms. The molecule has 0 radical (unpaired) electrons. The third kappa shape index (κ3) is 5.59. The van der Waals surface area contributed by atoms with Crippen molar-refractivity contribution >= 4 is 27.6 Å². The average molecular weight is 372 g/mol. The lowest BCUT2D eigenvalue weighted by atomic mass is 10.2. The summed E-state index contributed by atoms with van der Waals surface area (Å²) in [5, 5.41) is 0.302. The fourth-order valence-electron chi connectivity index (χ4n) is 1.82. The summed E-state index contributed by atoms with van der Waals surface area (Å²) in [7, 11) is -3.73. The van der Waals surface area contributed by atoms with Crippen molar-refractivity contribution in [3.63, 3.8) is 0 Å². The van der Waals surface area contributed by atoms with E-state index in [1.807, 2.05) is 0 Å². The lowest BCUT2D eigenvalue weighted by Gasteiger charge is -2.08. The van der Waals surface area contributed by atoms with Crippen LogP contribution in [0.25, 0.3) is 0 Å². The molecule has 128 valence electrons. The van der Waals surface area contributed by atoms with E-state index in [0.29, 0.717) is 10.6 Å². The highest BCUT2D eigenvalue weighted by Gasteiger charge is 2.14. The summed E-state index contributed by atoms with van der Waals surface area (Å²) < 4.78 is 44.1. The molecule has 0 aliphatic heterocycles. The Bertz CT molecular complexity index is 809. The highest BCUT2D eigenvalue weighted by Crippen LogP contribution is 2.15. The zero-order valence-electron chi connectivity index (χ0n) is 12.5. The number of esters is 1. The summed E-state index contributed by atoms with van der Waals surface area (Å²) in [6.07, 6.45) is -0.124. The van der Waals surface area contributed by atoms with Gasteiger partial charge in [0.05, 0.1) is 11.3 Å². The summed E-state index contributed by atoms with van der Waals surface area (Å²) in [6, 6.07) is 11.3. The van der Waals surface area contributed by atoms with Gasteiger partial charge in [-0.05, 0) is 35.9 Å². The minimum atomic E-state index is -3.73. The molecule has 0 atom stereocenters. The molecule has 0 unspecified atom stereocenters. The molecule has 0 aromatic heterocycles. The van der Waals surface area contributed by atoms with Crippen LogP contribution in [0, 0.1) is 5.82 Å². The molecule has 1 N–H and O–H groups in total. The number of ether oxygens (including phenoxy) is 1. The van der Waals surface area contributed by atoms with Crippen LogP contribution in [0.2, 0.25) is 5.02 Å². The van der Waals surface area contributed by atoms with Gasteiger partial charge in [-0.15, -0.1) is 0 Å². The van der Waals surface area contributed by atoms with Gasteiger partial charge in [0.1, 0.15) is 12.4 Å². The van der Waals surface area contributed by atoms with Crippen LogP contribution in [0.4, 0.5) is 4.39 Å². The number of halogens is 2. The van der Waals surface area contributed by atoms with Gasteiger partial charge in [0.15, 0.2) is 0 Å². The third-order valence-corrected chi connectivity index (χ3v) is 4.73. The number of sulfonamides is 1. The average Bonchev–Trinajstić information content (AvgIpc) is 2.54. The summed E-state index contributed by atoms with van der Waals surface area (Å²) in [4.78, 5) is 11.6.